The van der Waals surface area contributed by atoms with Crippen LogP contribution in [0.1, 0.15) is 57.1 Å². The zero-order valence-corrected chi connectivity index (χ0v) is 15.0. The fourth-order valence-electron chi connectivity index (χ4n) is 4.31. The number of hydrogen-bond acceptors (Lipinski definition) is 3. The van der Waals surface area contributed by atoms with Crippen molar-refractivity contribution in [2.75, 3.05) is 19.6 Å². The highest BCUT2D eigenvalue weighted by molar-refractivity contribution is 5.79. The predicted molar refractivity (Wildman–Crippen MR) is 95.8 cm³/mol. The maximum Gasteiger partial charge on any atom is 0.237 e. The predicted octanol–water partition coefficient (Wildman–Crippen LogP) is 2.59. The number of fused-ring (bicyclic) bond motifs is 1. The Morgan fingerprint density at radius 1 is 1.21 bits per heavy atom. The monoisotopic (exact) mass is 330 g/mol. The Bertz CT molecular complexity index is 591. The highest BCUT2D eigenvalue weighted by Gasteiger charge is 2.37. The average Bonchev–Trinajstić information content (AvgIpc) is 2.55. The second-order valence-electron chi connectivity index (χ2n) is 7.90. The number of benzene rings is 1. The van der Waals surface area contributed by atoms with E-state index in [0.717, 1.165) is 38.6 Å². The van der Waals surface area contributed by atoms with Gasteiger partial charge in [0.2, 0.25) is 5.91 Å². The van der Waals surface area contributed by atoms with Gasteiger partial charge in [-0.05, 0) is 44.2 Å². The van der Waals surface area contributed by atoms with Crippen molar-refractivity contribution in [2.24, 2.45) is 0 Å². The van der Waals surface area contributed by atoms with Crippen molar-refractivity contribution in [3.8, 4) is 0 Å². The van der Waals surface area contributed by atoms with E-state index in [-0.39, 0.29) is 11.4 Å². The molecule has 0 bridgehead atoms. The van der Waals surface area contributed by atoms with Crippen LogP contribution in [0.3, 0.4) is 0 Å². The van der Waals surface area contributed by atoms with Gasteiger partial charge in [-0.2, -0.15) is 0 Å². The quantitative estimate of drug-likeness (QED) is 0.892. The van der Waals surface area contributed by atoms with Crippen molar-refractivity contribution in [3.63, 3.8) is 0 Å². The molecule has 4 heteroatoms. The van der Waals surface area contributed by atoms with Crippen LogP contribution in [0.5, 0.6) is 0 Å². The minimum absolute atomic E-state index is 0.119. The Kier molecular flexibility index (Phi) is 4.97. The zero-order valence-electron chi connectivity index (χ0n) is 15.0. The summed E-state index contributed by atoms with van der Waals surface area (Å²) in [6, 6.07) is 8.41. The minimum Gasteiger partial charge on any atom is -0.389 e. The third-order valence-electron chi connectivity index (χ3n) is 5.77. The summed E-state index contributed by atoms with van der Waals surface area (Å²) in [5.74, 6) is 0.119. The topological polar surface area (TPSA) is 52.6 Å². The van der Waals surface area contributed by atoms with Crippen molar-refractivity contribution < 1.29 is 9.90 Å². The van der Waals surface area contributed by atoms with E-state index in [4.69, 9.17) is 0 Å². The molecule has 2 aliphatic rings. The molecule has 4 nitrogen and oxygen atoms in total. The van der Waals surface area contributed by atoms with Crippen LogP contribution < -0.4 is 5.32 Å². The van der Waals surface area contributed by atoms with Crippen LogP contribution in [0, 0.1) is 0 Å². The van der Waals surface area contributed by atoms with Gasteiger partial charge in [0, 0.05) is 13.1 Å². The molecule has 1 aromatic carbocycles. The molecule has 0 unspecified atom stereocenters. The maximum atomic E-state index is 12.8. The third-order valence-corrected chi connectivity index (χ3v) is 5.77. The van der Waals surface area contributed by atoms with E-state index < -0.39 is 5.60 Å². The number of hydrogen-bond donors (Lipinski definition) is 2. The third kappa shape index (κ3) is 3.50. The summed E-state index contributed by atoms with van der Waals surface area (Å²) in [4.78, 5) is 14.7. The van der Waals surface area contributed by atoms with Gasteiger partial charge in [0.25, 0.3) is 0 Å². The standard InChI is InChI=1S/C20H30N2O2/c1-19(2)17-9-5-4-8-16(17)10-13-22(19)18(23)14-21-15-20(24)11-6-3-7-12-20/h4-5,8-9,21,24H,3,6-7,10-15H2,1-2H3. The number of rotatable bonds is 4. The molecule has 0 spiro atoms. The van der Waals surface area contributed by atoms with Crippen LogP contribution in [0.15, 0.2) is 24.3 Å². The van der Waals surface area contributed by atoms with Gasteiger partial charge < -0.3 is 15.3 Å². The number of carbonyl (C=O) groups is 1. The molecule has 1 aromatic rings. The first-order valence-corrected chi connectivity index (χ1v) is 9.24. The molecule has 0 atom stereocenters. The normalized spacial score (nSPS) is 22.0. The molecule has 3 rings (SSSR count). The minimum atomic E-state index is -0.622. The van der Waals surface area contributed by atoms with Gasteiger partial charge in [0.15, 0.2) is 0 Å². The zero-order chi connectivity index (χ0) is 17.2. The van der Waals surface area contributed by atoms with Crippen molar-refractivity contribution in [2.45, 2.75) is 63.5 Å². The Labute approximate surface area is 145 Å². The Balaban J connectivity index is 1.59. The molecule has 0 aromatic heterocycles. The van der Waals surface area contributed by atoms with Crippen LogP contribution >= 0.6 is 0 Å². The Morgan fingerprint density at radius 3 is 2.67 bits per heavy atom. The summed E-state index contributed by atoms with van der Waals surface area (Å²) in [5.41, 5.74) is 1.68. The van der Waals surface area contributed by atoms with Crippen LogP contribution in [-0.2, 0) is 16.8 Å². The summed E-state index contributed by atoms with van der Waals surface area (Å²) in [7, 11) is 0. The molecule has 24 heavy (non-hydrogen) atoms. The largest absolute Gasteiger partial charge is 0.389 e. The van der Waals surface area contributed by atoms with E-state index in [1.54, 1.807) is 0 Å². The van der Waals surface area contributed by atoms with Gasteiger partial charge in [-0.15, -0.1) is 0 Å². The average molecular weight is 330 g/mol. The van der Waals surface area contributed by atoms with Crippen LogP contribution in [0.2, 0.25) is 0 Å². The number of nitrogens with zero attached hydrogens (tertiary/aromatic N) is 1. The summed E-state index contributed by atoms with van der Waals surface area (Å²) < 4.78 is 0. The molecule has 132 valence electrons. The lowest BCUT2D eigenvalue weighted by Crippen LogP contribution is -2.53. The molecule has 1 saturated carbocycles. The van der Waals surface area contributed by atoms with E-state index in [1.165, 1.54) is 17.5 Å². The van der Waals surface area contributed by atoms with Gasteiger partial charge in [0.1, 0.15) is 0 Å². The van der Waals surface area contributed by atoms with E-state index >= 15 is 0 Å². The summed E-state index contributed by atoms with van der Waals surface area (Å²) in [6.07, 6.45) is 5.98. The first kappa shape index (κ1) is 17.4. The SMILES string of the molecule is CC1(C)c2ccccc2CCN1C(=O)CNCC1(O)CCCCC1. The van der Waals surface area contributed by atoms with Gasteiger partial charge in [-0.25, -0.2) is 0 Å². The maximum absolute atomic E-state index is 12.8. The molecule has 1 amide bonds. The van der Waals surface area contributed by atoms with Crippen molar-refractivity contribution in [1.82, 2.24) is 10.2 Å². The van der Waals surface area contributed by atoms with Gasteiger partial charge in [0.05, 0.1) is 17.7 Å². The molecule has 1 aliphatic heterocycles. The fraction of sp³-hybridized carbons (Fsp3) is 0.650. The second kappa shape index (κ2) is 6.85. The summed E-state index contributed by atoms with van der Waals surface area (Å²) in [6.45, 7) is 5.82. The van der Waals surface area contributed by atoms with Gasteiger partial charge in [-0.1, -0.05) is 43.5 Å². The fourth-order valence-corrected chi connectivity index (χ4v) is 4.31. The van der Waals surface area contributed by atoms with Crippen LogP contribution in [0.25, 0.3) is 0 Å². The molecule has 2 N–H and O–H groups in total. The summed E-state index contributed by atoms with van der Waals surface area (Å²) >= 11 is 0. The number of nitrogens with one attached hydrogen (secondary N) is 1. The first-order chi connectivity index (χ1) is 11.4. The van der Waals surface area contributed by atoms with E-state index in [2.05, 4.69) is 37.4 Å². The lowest BCUT2D eigenvalue weighted by atomic mass is 9.83. The molecule has 1 aliphatic carbocycles. The van der Waals surface area contributed by atoms with Gasteiger partial charge >= 0.3 is 0 Å². The molecular weight excluding hydrogens is 300 g/mol. The second-order valence-corrected chi connectivity index (χ2v) is 7.90. The molecule has 1 fully saturated rings. The Hall–Kier alpha value is -1.39. The first-order valence-electron chi connectivity index (χ1n) is 9.24. The Morgan fingerprint density at radius 2 is 1.92 bits per heavy atom. The molecular formula is C20H30N2O2. The van der Waals surface area contributed by atoms with Crippen molar-refractivity contribution >= 4 is 5.91 Å². The van der Waals surface area contributed by atoms with Crippen LogP contribution in [0.4, 0.5) is 0 Å². The van der Waals surface area contributed by atoms with E-state index in [9.17, 15) is 9.90 Å². The number of aliphatic hydroxyl groups is 1. The van der Waals surface area contributed by atoms with Crippen molar-refractivity contribution in [3.05, 3.63) is 35.4 Å². The molecule has 0 saturated heterocycles. The smallest absolute Gasteiger partial charge is 0.237 e. The van der Waals surface area contributed by atoms with Crippen molar-refractivity contribution in [1.29, 1.82) is 0 Å². The van der Waals surface area contributed by atoms with E-state index in [1.807, 2.05) is 11.0 Å². The van der Waals surface area contributed by atoms with Gasteiger partial charge in [-0.3, -0.25) is 4.79 Å². The number of amides is 1. The lowest BCUT2D eigenvalue weighted by molar-refractivity contribution is -0.136. The summed E-state index contributed by atoms with van der Waals surface area (Å²) in [5, 5.41) is 13.8. The highest BCUT2D eigenvalue weighted by atomic mass is 16.3. The van der Waals surface area contributed by atoms with Crippen LogP contribution in [-0.4, -0.2) is 41.1 Å². The van der Waals surface area contributed by atoms with E-state index in [0.29, 0.717) is 13.1 Å². The highest BCUT2D eigenvalue weighted by Crippen LogP contribution is 2.34. The number of carbonyl (C=O) groups excluding carboxylic acids is 1. The lowest BCUT2D eigenvalue weighted by Gasteiger charge is -2.44. The molecule has 0 radical (unpaired) electrons. The molecule has 1 heterocycles.